The third-order valence-corrected chi connectivity index (χ3v) is 6.61. The van der Waals surface area contributed by atoms with E-state index in [4.69, 9.17) is 0 Å². The smallest absolute Gasteiger partial charge is 0.157 e. The van der Waals surface area contributed by atoms with Gasteiger partial charge < -0.3 is 10.2 Å². The summed E-state index contributed by atoms with van der Waals surface area (Å²) in [6.45, 7) is 10.9. The Balaban J connectivity index is 1.60. The number of allylic oxidation sites excluding steroid dienone is 1. The average Bonchev–Trinajstić information content (AvgIpc) is 3.17. The molecular weight excluding hydrogens is 370 g/mol. The van der Waals surface area contributed by atoms with Gasteiger partial charge in [-0.3, -0.25) is 4.99 Å². The summed E-state index contributed by atoms with van der Waals surface area (Å²) in [5.41, 5.74) is 2.92. The quantitative estimate of drug-likeness (QED) is 0.655. The van der Waals surface area contributed by atoms with E-state index in [9.17, 15) is 0 Å². The third-order valence-electron chi connectivity index (χ3n) is 4.65. The summed E-state index contributed by atoms with van der Waals surface area (Å²) in [7, 11) is 0. The number of nitrogens with one attached hydrogen (secondary N) is 1. The molecule has 1 aromatic carbocycles. The van der Waals surface area contributed by atoms with Crippen molar-refractivity contribution in [3.05, 3.63) is 58.1 Å². The molecule has 3 rings (SSSR count). The van der Waals surface area contributed by atoms with E-state index in [1.54, 1.807) is 0 Å². The van der Waals surface area contributed by atoms with Crippen LogP contribution in [0.25, 0.3) is 0 Å². The van der Waals surface area contributed by atoms with Crippen LogP contribution >= 0.6 is 23.5 Å². The summed E-state index contributed by atoms with van der Waals surface area (Å²) in [6, 6.07) is 10.8. The fourth-order valence-corrected chi connectivity index (χ4v) is 5.49. The van der Waals surface area contributed by atoms with E-state index in [-0.39, 0.29) is 5.54 Å². The molecule has 0 radical (unpaired) electrons. The average molecular weight is 402 g/mol. The highest BCUT2D eigenvalue weighted by Crippen LogP contribution is 2.37. The predicted octanol–water partition coefficient (Wildman–Crippen LogP) is 5.48. The molecule has 27 heavy (non-hydrogen) atoms. The van der Waals surface area contributed by atoms with Crippen LogP contribution in [0.15, 0.2) is 57.5 Å². The van der Waals surface area contributed by atoms with Gasteiger partial charge in [0.2, 0.25) is 0 Å². The van der Waals surface area contributed by atoms with E-state index in [0.29, 0.717) is 5.92 Å². The zero-order valence-corrected chi connectivity index (χ0v) is 18.5. The lowest BCUT2D eigenvalue weighted by Gasteiger charge is -2.27. The van der Waals surface area contributed by atoms with Crippen molar-refractivity contribution in [2.45, 2.75) is 46.1 Å². The SMILES string of the molecule is CC/C=C1\SC=C(CSC2=NCC(C)(C)N2)N1CC(C)Cc1ccccc1. The lowest BCUT2D eigenvalue weighted by atomic mass is 10.0. The van der Waals surface area contributed by atoms with Crippen LogP contribution < -0.4 is 5.32 Å². The summed E-state index contributed by atoms with van der Waals surface area (Å²) in [6.07, 6.45) is 4.54. The van der Waals surface area contributed by atoms with E-state index in [1.807, 2.05) is 23.5 Å². The highest BCUT2D eigenvalue weighted by atomic mass is 32.2. The van der Waals surface area contributed by atoms with Gasteiger partial charge in [-0.1, -0.05) is 73.8 Å². The second kappa shape index (κ2) is 9.24. The molecule has 2 aliphatic rings. The lowest BCUT2D eigenvalue weighted by molar-refractivity contribution is 0.376. The third kappa shape index (κ3) is 5.82. The number of aliphatic imine (C=N–C) groups is 1. The van der Waals surface area contributed by atoms with Gasteiger partial charge in [0.15, 0.2) is 5.17 Å². The molecule has 0 amide bonds. The second-order valence-corrected chi connectivity index (χ2v) is 9.86. The van der Waals surface area contributed by atoms with Gasteiger partial charge in [0.25, 0.3) is 0 Å². The molecule has 0 aromatic heterocycles. The van der Waals surface area contributed by atoms with Crippen LogP contribution in [-0.4, -0.2) is 34.4 Å². The minimum atomic E-state index is 0.0955. The van der Waals surface area contributed by atoms with E-state index < -0.39 is 0 Å². The topological polar surface area (TPSA) is 27.6 Å². The van der Waals surface area contributed by atoms with Crippen molar-refractivity contribution in [3.63, 3.8) is 0 Å². The van der Waals surface area contributed by atoms with Crippen LogP contribution in [0.3, 0.4) is 0 Å². The Morgan fingerprint density at radius 2 is 2.11 bits per heavy atom. The first-order valence-electron chi connectivity index (χ1n) is 9.79. The Morgan fingerprint density at radius 1 is 1.33 bits per heavy atom. The molecule has 0 saturated carbocycles. The summed E-state index contributed by atoms with van der Waals surface area (Å²) in [4.78, 5) is 7.17. The first-order valence-corrected chi connectivity index (χ1v) is 11.7. The molecule has 1 aromatic rings. The van der Waals surface area contributed by atoms with Crippen molar-refractivity contribution in [3.8, 4) is 0 Å². The van der Waals surface area contributed by atoms with Crippen molar-refractivity contribution < 1.29 is 0 Å². The molecule has 5 heteroatoms. The number of thioether (sulfide) groups is 2. The van der Waals surface area contributed by atoms with Gasteiger partial charge in [-0.15, -0.1) is 0 Å². The lowest BCUT2D eigenvalue weighted by Crippen LogP contribution is -2.38. The fourth-order valence-electron chi connectivity index (χ4n) is 3.30. The fraction of sp³-hybridized carbons (Fsp3) is 0.500. The molecule has 146 valence electrons. The first-order chi connectivity index (χ1) is 13.0. The monoisotopic (exact) mass is 401 g/mol. The Hall–Kier alpha value is -1.33. The van der Waals surface area contributed by atoms with Gasteiger partial charge in [0, 0.05) is 18.0 Å². The molecule has 1 atom stereocenters. The van der Waals surface area contributed by atoms with Crippen LogP contribution in [0.2, 0.25) is 0 Å². The Bertz CT molecular complexity index is 722. The van der Waals surface area contributed by atoms with E-state index in [2.05, 4.69) is 84.7 Å². The zero-order valence-electron chi connectivity index (χ0n) is 16.9. The highest BCUT2D eigenvalue weighted by Gasteiger charge is 2.27. The number of hydrogen-bond donors (Lipinski definition) is 1. The van der Waals surface area contributed by atoms with Crippen LogP contribution in [0.1, 0.15) is 39.7 Å². The van der Waals surface area contributed by atoms with Crippen LogP contribution in [0, 0.1) is 5.92 Å². The molecule has 2 heterocycles. The molecule has 0 saturated heterocycles. The highest BCUT2D eigenvalue weighted by molar-refractivity contribution is 8.14. The Kier molecular flexibility index (Phi) is 6.99. The van der Waals surface area contributed by atoms with Crippen molar-refractivity contribution >= 4 is 28.7 Å². The second-order valence-electron chi connectivity index (χ2n) is 8.00. The number of nitrogens with zero attached hydrogens (tertiary/aromatic N) is 2. The maximum Gasteiger partial charge on any atom is 0.157 e. The summed E-state index contributed by atoms with van der Waals surface area (Å²) >= 11 is 3.69. The number of rotatable bonds is 7. The summed E-state index contributed by atoms with van der Waals surface area (Å²) in [5, 5.41) is 8.31. The normalized spacial score (nSPS) is 21.2. The van der Waals surface area contributed by atoms with Crippen molar-refractivity contribution in [1.29, 1.82) is 0 Å². The maximum absolute atomic E-state index is 4.65. The largest absolute Gasteiger partial charge is 0.358 e. The zero-order chi connectivity index (χ0) is 19.3. The standard InChI is InChI=1S/C22H31N3S2/c1-5-9-20-25(13-17(2)12-18-10-7-6-8-11-18)19(14-26-20)15-27-21-23-16-22(3,4)24-21/h6-11,14,17H,5,12-13,15-16H2,1-4H3,(H,23,24)/b20-9-. The van der Waals surface area contributed by atoms with E-state index in [0.717, 1.165) is 36.9 Å². The molecule has 1 N–H and O–H groups in total. The van der Waals surface area contributed by atoms with Crippen molar-refractivity contribution in [2.24, 2.45) is 10.9 Å². The van der Waals surface area contributed by atoms with Gasteiger partial charge in [-0.2, -0.15) is 0 Å². The molecule has 1 unspecified atom stereocenters. The van der Waals surface area contributed by atoms with Crippen molar-refractivity contribution in [2.75, 3.05) is 18.8 Å². The molecule has 2 aliphatic heterocycles. The van der Waals surface area contributed by atoms with Gasteiger partial charge in [0.05, 0.1) is 17.1 Å². The molecule has 0 spiro atoms. The molecule has 3 nitrogen and oxygen atoms in total. The van der Waals surface area contributed by atoms with Gasteiger partial charge in [-0.05, 0) is 43.6 Å². The predicted molar refractivity (Wildman–Crippen MR) is 122 cm³/mol. The summed E-state index contributed by atoms with van der Waals surface area (Å²) < 4.78 is 0. The molecular formula is C22H31N3S2. The number of hydrogen-bond acceptors (Lipinski definition) is 5. The number of benzene rings is 1. The van der Waals surface area contributed by atoms with Crippen LogP contribution in [0.4, 0.5) is 0 Å². The Labute approximate surface area is 172 Å². The van der Waals surface area contributed by atoms with Crippen molar-refractivity contribution in [1.82, 2.24) is 10.2 Å². The minimum absolute atomic E-state index is 0.0955. The maximum atomic E-state index is 4.65. The van der Waals surface area contributed by atoms with Crippen LogP contribution in [0.5, 0.6) is 0 Å². The van der Waals surface area contributed by atoms with E-state index >= 15 is 0 Å². The van der Waals surface area contributed by atoms with Crippen LogP contribution in [-0.2, 0) is 6.42 Å². The molecule has 0 bridgehead atoms. The van der Waals surface area contributed by atoms with Gasteiger partial charge in [-0.25, -0.2) is 0 Å². The molecule has 0 aliphatic carbocycles. The Morgan fingerprint density at radius 3 is 2.78 bits per heavy atom. The van der Waals surface area contributed by atoms with Gasteiger partial charge >= 0.3 is 0 Å². The summed E-state index contributed by atoms with van der Waals surface area (Å²) in [5.74, 6) is 1.56. The first kappa shape index (κ1) is 20.4. The minimum Gasteiger partial charge on any atom is -0.358 e. The number of amidine groups is 1. The van der Waals surface area contributed by atoms with Gasteiger partial charge in [0.1, 0.15) is 0 Å². The molecule has 0 fully saturated rings. The van der Waals surface area contributed by atoms with E-state index in [1.165, 1.54) is 16.3 Å².